The molecule has 2 saturated carbocycles. The van der Waals surface area contributed by atoms with Crippen molar-refractivity contribution < 1.29 is 16.8 Å². The van der Waals surface area contributed by atoms with Crippen molar-refractivity contribution >= 4 is 42.6 Å². The van der Waals surface area contributed by atoms with Gasteiger partial charge in [0.2, 0.25) is 20.0 Å². The van der Waals surface area contributed by atoms with E-state index in [0.29, 0.717) is 37.1 Å². The van der Waals surface area contributed by atoms with E-state index in [2.05, 4.69) is 33.7 Å². The second-order valence-corrected chi connectivity index (χ2v) is 15.0. The fraction of sp³-hybridized carbons (Fsp3) is 0.188. The number of sulfonamides is 2. The minimum atomic E-state index is -3.42. The first-order valence-electron chi connectivity index (χ1n) is 13.6. The number of fused-ring (bicyclic) bond motifs is 6. The van der Waals surface area contributed by atoms with Gasteiger partial charge in [0, 0.05) is 11.4 Å². The minimum Gasteiger partial charge on any atom is -0.283 e. The molecule has 4 aliphatic carbocycles. The predicted octanol–water partition coefficient (Wildman–Crippen LogP) is 6.46. The van der Waals surface area contributed by atoms with Crippen LogP contribution < -0.4 is 9.44 Å². The molecule has 4 aliphatic rings. The van der Waals surface area contributed by atoms with E-state index in [-0.39, 0.29) is 10.5 Å². The first-order valence-corrected chi connectivity index (χ1v) is 16.7. The van der Waals surface area contributed by atoms with Crippen LogP contribution in [0.5, 0.6) is 0 Å². The Morgan fingerprint density at radius 2 is 0.800 bits per heavy atom. The molecule has 0 aromatic heterocycles. The van der Waals surface area contributed by atoms with Crippen molar-refractivity contribution in [1.82, 2.24) is 0 Å². The molecular weight excluding hydrogens is 540 g/mol. The van der Waals surface area contributed by atoms with E-state index >= 15 is 0 Å². The molecule has 0 atom stereocenters. The Kier molecular flexibility index (Phi) is 4.98. The molecule has 0 aliphatic heterocycles. The van der Waals surface area contributed by atoms with Gasteiger partial charge in [0.05, 0.1) is 10.5 Å². The maximum absolute atomic E-state index is 12.8. The van der Waals surface area contributed by atoms with Crippen LogP contribution in [0.3, 0.4) is 0 Å². The standard InChI is InChI=1S/C32H26N2O4S2/c35-39(36,21-11-12-21)33-19-9-15-25-23-5-1-3-7-27(23)31(29(25)17-19)32-28-8-4-2-6-24(28)26-16-10-20(18-30(26)32)34-40(37,38)22-13-14-22/h1-10,15-18,21-22,33-34H,11-14H2. The third kappa shape index (κ3) is 3.73. The van der Waals surface area contributed by atoms with E-state index in [4.69, 9.17) is 0 Å². The Morgan fingerprint density at radius 1 is 0.450 bits per heavy atom. The van der Waals surface area contributed by atoms with Crippen molar-refractivity contribution in [2.24, 2.45) is 0 Å². The van der Waals surface area contributed by atoms with Gasteiger partial charge >= 0.3 is 0 Å². The highest BCUT2D eigenvalue weighted by Gasteiger charge is 2.38. The number of hydrogen-bond acceptors (Lipinski definition) is 4. The quantitative estimate of drug-likeness (QED) is 0.242. The lowest BCUT2D eigenvalue weighted by molar-refractivity contribution is 0.598. The molecule has 2 N–H and O–H groups in total. The molecule has 2 fully saturated rings. The Labute approximate surface area is 233 Å². The molecule has 8 heteroatoms. The Balaban J connectivity index is 1.36. The van der Waals surface area contributed by atoms with E-state index in [1.807, 2.05) is 60.7 Å². The zero-order chi connectivity index (χ0) is 27.2. The Bertz CT molecular complexity index is 1860. The summed E-state index contributed by atoms with van der Waals surface area (Å²) in [5, 5.41) is -0.635. The second-order valence-electron chi connectivity index (χ2n) is 11.1. The molecule has 0 saturated heterocycles. The number of anilines is 2. The van der Waals surface area contributed by atoms with E-state index in [9.17, 15) is 16.8 Å². The van der Waals surface area contributed by atoms with Crippen LogP contribution in [0.1, 0.15) is 47.9 Å². The summed E-state index contributed by atoms with van der Waals surface area (Å²) < 4.78 is 56.7. The van der Waals surface area contributed by atoms with Gasteiger partial charge in [-0.2, -0.15) is 0 Å². The SMILES string of the molecule is O=S(=O)(Nc1ccc2c(c1)C(=C1c3ccccc3-c3ccc(NS(=O)(=O)C4CC4)cc31)c1ccccc1-2)C1CC1. The van der Waals surface area contributed by atoms with Gasteiger partial charge in [-0.15, -0.1) is 0 Å². The summed E-state index contributed by atoms with van der Waals surface area (Å²) in [5.41, 5.74) is 11.5. The van der Waals surface area contributed by atoms with Crippen LogP contribution in [-0.2, 0) is 20.0 Å². The topological polar surface area (TPSA) is 92.3 Å². The molecule has 0 heterocycles. The van der Waals surface area contributed by atoms with Crippen LogP contribution in [0.2, 0.25) is 0 Å². The Hall–Kier alpha value is -3.88. The predicted molar refractivity (Wildman–Crippen MR) is 160 cm³/mol. The van der Waals surface area contributed by atoms with Crippen molar-refractivity contribution in [3.05, 3.63) is 107 Å². The molecule has 0 bridgehead atoms. The molecule has 6 nitrogen and oxygen atoms in total. The van der Waals surface area contributed by atoms with Crippen LogP contribution >= 0.6 is 0 Å². The van der Waals surface area contributed by atoms with Gasteiger partial charge < -0.3 is 0 Å². The second kappa shape index (κ2) is 8.32. The third-order valence-electron chi connectivity index (χ3n) is 8.25. The monoisotopic (exact) mass is 566 g/mol. The van der Waals surface area contributed by atoms with Crippen LogP contribution in [0, 0.1) is 0 Å². The molecule has 0 radical (unpaired) electrons. The molecule has 0 spiro atoms. The normalized spacial score (nSPS) is 19.0. The number of rotatable bonds is 6. The van der Waals surface area contributed by atoms with Crippen molar-refractivity contribution in [3.63, 3.8) is 0 Å². The maximum atomic E-state index is 12.8. The largest absolute Gasteiger partial charge is 0.283 e. The highest BCUT2D eigenvalue weighted by molar-refractivity contribution is 7.93. The van der Waals surface area contributed by atoms with Crippen LogP contribution in [0.25, 0.3) is 33.4 Å². The van der Waals surface area contributed by atoms with Gasteiger partial charge in [-0.05, 0) is 106 Å². The maximum Gasteiger partial charge on any atom is 0.235 e. The lowest BCUT2D eigenvalue weighted by Crippen LogP contribution is -2.17. The van der Waals surface area contributed by atoms with Gasteiger partial charge in [0.15, 0.2) is 0 Å². The van der Waals surface area contributed by atoms with Crippen molar-refractivity contribution in [1.29, 1.82) is 0 Å². The van der Waals surface area contributed by atoms with Gasteiger partial charge in [-0.25, -0.2) is 16.8 Å². The summed E-state index contributed by atoms with van der Waals surface area (Å²) in [6.07, 6.45) is 2.78. The van der Waals surface area contributed by atoms with E-state index in [1.54, 1.807) is 0 Å². The molecule has 4 aromatic carbocycles. The van der Waals surface area contributed by atoms with Crippen molar-refractivity contribution in [3.8, 4) is 22.3 Å². The van der Waals surface area contributed by atoms with Crippen molar-refractivity contribution in [2.45, 2.75) is 36.2 Å². The lowest BCUT2D eigenvalue weighted by atomic mass is 9.91. The van der Waals surface area contributed by atoms with Crippen LogP contribution in [0.15, 0.2) is 84.9 Å². The van der Waals surface area contributed by atoms with Crippen LogP contribution in [0.4, 0.5) is 11.4 Å². The Morgan fingerprint density at radius 3 is 1.18 bits per heavy atom. The molecule has 0 amide bonds. The fourth-order valence-electron chi connectivity index (χ4n) is 6.05. The molecule has 0 unspecified atom stereocenters. The number of benzene rings is 4. The summed E-state index contributed by atoms with van der Waals surface area (Å²) >= 11 is 0. The summed E-state index contributed by atoms with van der Waals surface area (Å²) in [6.45, 7) is 0. The summed E-state index contributed by atoms with van der Waals surface area (Å²) in [5.74, 6) is 0. The first-order chi connectivity index (χ1) is 19.3. The minimum absolute atomic E-state index is 0.317. The van der Waals surface area contributed by atoms with E-state index in [0.717, 1.165) is 55.7 Å². The first kappa shape index (κ1) is 24.0. The molecule has 200 valence electrons. The smallest absolute Gasteiger partial charge is 0.235 e. The lowest BCUT2D eigenvalue weighted by Gasteiger charge is -2.14. The molecule has 8 rings (SSSR count). The highest BCUT2D eigenvalue weighted by atomic mass is 32.2. The zero-order valence-corrected chi connectivity index (χ0v) is 23.1. The highest BCUT2D eigenvalue weighted by Crippen LogP contribution is 2.55. The van der Waals surface area contributed by atoms with Gasteiger partial charge in [0.1, 0.15) is 0 Å². The van der Waals surface area contributed by atoms with Crippen LogP contribution in [-0.4, -0.2) is 27.3 Å². The summed E-state index contributed by atoms with van der Waals surface area (Å²) in [4.78, 5) is 0. The number of hydrogen-bond donors (Lipinski definition) is 2. The van der Waals surface area contributed by atoms with Gasteiger partial charge in [-0.3, -0.25) is 9.44 Å². The molecular formula is C32H26N2O4S2. The van der Waals surface area contributed by atoms with Gasteiger partial charge in [0.25, 0.3) is 0 Å². The molecule has 40 heavy (non-hydrogen) atoms. The summed E-state index contributed by atoms with van der Waals surface area (Å²) in [6, 6.07) is 28.0. The zero-order valence-electron chi connectivity index (χ0n) is 21.5. The van der Waals surface area contributed by atoms with Crippen molar-refractivity contribution in [2.75, 3.05) is 9.44 Å². The number of nitrogens with one attached hydrogen (secondary N) is 2. The van der Waals surface area contributed by atoms with E-state index < -0.39 is 20.0 Å². The summed E-state index contributed by atoms with van der Waals surface area (Å²) in [7, 11) is -6.83. The van der Waals surface area contributed by atoms with Gasteiger partial charge in [-0.1, -0.05) is 60.7 Å². The van der Waals surface area contributed by atoms with E-state index in [1.165, 1.54) is 0 Å². The average Bonchev–Trinajstić information content (AvgIpc) is 3.86. The average molecular weight is 567 g/mol. The fourth-order valence-corrected chi connectivity index (χ4v) is 8.81. The molecule has 4 aromatic rings. The third-order valence-corrected chi connectivity index (χ3v) is 12.0.